The van der Waals surface area contributed by atoms with E-state index in [0.717, 1.165) is 0 Å². The lowest BCUT2D eigenvalue weighted by Gasteiger charge is -2.16. The molecule has 5 nitrogen and oxygen atoms in total. The number of hydrogen-bond acceptors (Lipinski definition) is 4. The van der Waals surface area contributed by atoms with Crippen molar-refractivity contribution in [2.24, 2.45) is 0 Å². The van der Waals surface area contributed by atoms with Crippen molar-refractivity contribution in [2.45, 2.75) is 25.5 Å². The molecule has 2 unspecified atom stereocenters. The number of aliphatic hydroxyl groups excluding tert-OH is 1. The van der Waals surface area contributed by atoms with Crippen molar-refractivity contribution in [1.29, 1.82) is 0 Å². The highest BCUT2D eigenvalue weighted by Crippen LogP contribution is 2.18. The molecule has 0 fully saturated rings. The second kappa shape index (κ2) is 5.55. The second-order valence-corrected chi connectivity index (χ2v) is 4.15. The standard InChI is InChI=1S/C13H15NO4/c1-9(7-11(15)12-3-2-5-18-12)14-13(16)10-4-6-17-8-10/h2-6,8-9,11,15H,7H2,1H3,(H,14,16). The summed E-state index contributed by atoms with van der Waals surface area (Å²) in [6.45, 7) is 1.82. The summed E-state index contributed by atoms with van der Waals surface area (Å²) in [5.41, 5.74) is 0.467. The van der Waals surface area contributed by atoms with E-state index in [1.54, 1.807) is 18.2 Å². The smallest absolute Gasteiger partial charge is 0.254 e. The van der Waals surface area contributed by atoms with E-state index in [0.29, 0.717) is 17.7 Å². The van der Waals surface area contributed by atoms with Gasteiger partial charge >= 0.3 is 0 Å². The van der Waals surface area contributed by atoms with Crippen LogP contribution in [0.3, 0.4) is 0 Å². The third-order valence-electron chi connectivity index (χ3n) is 2.61. The summed E-state index contributed by atoms with van der Waals surface area (Å²) >= 11 is 0. The molecule has 0 aromatic carbocycles. The molecule has 5 heteroatoms. The van der Waals surface area contributed by atoms with Gasteiger partial charge < -0.3 is 19.3 Å². The fraction of sp³-hybridized carbons (Fsp3) is 0.308. The summed E-state index contributed by atoms with van der Waals surface area (Å²) in [5.74, 6) is 0.280. The highest BCUT2D eigenvalue weighted by molar-refractivity contribution is 5.93. The number of hydrogen-bond donors (Lipinski definition) is 2. The van der Waals surface area contributed by atoms with Crippen LogP contribution >= 0.6 is 0 Å². The minimum atomic E-state index is -0.723. The molecule has 2 heterocycles. The first-order valence-electron chi connectivity index (χ1n) is 5.71. The lowest BCUT2D eigenvalue weighted by Crippen LogP contribution is -2.33. The summed E-state index contributed by atoms with van der Waals surface area (Å²) in [6, 6.07) is 4.83. The van der Waals surface area contributed by atoms with Crippen molar-refractivity contribution in [3.8, 4) is 0 Å². The lowest BCUT2D eigenvalue weighted by molar-refractivity contribution is 0.0902. The molecule has 0 spiro atoms. The van der Waals surface area contributed by atoms with Crippen LogP contribution in [0.4, 0.5) is 0 Å². The zero-order valence-corrected chi connectivity index (χ0v) is 10.00. The predicted molar refractivity (Wildman–Crippen MR) is 63.9 cm³/mol. The lowest BCUT2D eigenvalue weighted by atomic mass is 10.1. The van der Waals surface area contributed by atoms with Gasteiger partial charge in [-0.2, -0.15) is 0 Å². The molecule has 1 amide bonds. The monoisotopic (exact) mass is 249 g/mol. The molecule has 96 valence electrons. The Balaban J connectivity index is 1.85. The van der Waals surface area contributed by atoms with Gasteiger partial charge in [-0.15, -0.1) is 0 Å². The van der Waals surface area contributed by atoms with Crippen LogP contribution in [0, 0.1) is 0 Å². The van der Waals surface area contributed by atoms with Gasteiger partial charge in [0.05, 0.1) is 18.1 Å². The number of amides is 1. The zero-order chi connectivity index (χ0) is 13.0. The molecule has 0 aliphatic rings. The Morgan fingerprint density at radius 2 is 2.28 bits per heavy atom. The molecule has 0 aliphatic carbocycles. The largest absolute Gasteiger partial charge is 0.472 e. The molecule has 2 aromatic rings. The van der Waals surface area contributed by atoms with Crippen molar-refractivity contribution < 1.29 is 18.7 Å². The van der Waals surface area contributed by atoms with E-state index < -0.39 is 6.10 Å². The molecule has 0 aliphatic heterocycles. The third-order valence-corrected chi connectivity index (χ3v) is 2.61. The van der Waals surface area contributed by atoms with E-state index in [9.17, 15) is 9.90 Å². The maximum absolute atomic E-state index is 11.7. The molecule has 0 bridgehead atoms. The summed E-state index contributed by atoms with van der Waals surface area (Å²) < 4.78 is 9.93. The zero-order valence-electron chi connectivity index (χ0n) is 10.00. The van der Waals surface area contributed by atoms with Gasteiger partial charge in [0, 0.05) is 12.5 Å². The molecular weight excluding hydrogens is 234 g/mol. The van der Waals surface area contributed by atoms with E-state index in [4.69, 9.17) is 8.83 Å². The van der Waals surface area contributed by atoms with Crippen molar-refractivity contribution in [1.82, 2.24) is 5.32 Å². The fourth-order valence-electron chi connectivity index (χ4n) is 1.69. The van der Waals surface area contributed by atoms with E-state index in [1.165, 1.54) is 18.8 Å². The van der Waals surface area contributed by atoms with Gasteiger partial charge in [0.25, 0.3) is 5.91 Å². The topological polar surface area (TPSA) is 75.6 Å². The van der Waals surface area contributed by atoms with Crippen LogP contribution in [0.15, 0.2) is 45.8 Å². The maximum atomic E-state index is 11.7. The van der Waals surface area contributed by atoms with Crippen LogP contribution in [0.25, 0.3) is 0 Å². The molecule has 2 N–H and O–H groups in total. The first-order chi connectivity index (χ1) is 8.66. The van der Waals surface area contributed by atoms with Crippen LogP contribution in [0.2, 0.25) is 0 Å². The van der Waals surface area contributed by atoms with Crippen molar-refractivity contribution in [3.05, 3.63) is 48.3 Å². The Hall–Kier alpha value is -2.01. The van der Waals surface area contributed by atoms with Crippen LogP contribution < -0.4 is 5.32 Å². The van der Waals surface area contributed by atoms with Gasteiger partial charge in [-0.1, -0.05) is 0 Å². The van der Waals surface area contributed by atoms with Crippen LogP contribution in [0.1, 0.15) is 35.6 Å². The molecule has 2 atom stereocenters. The Labute approximate surface area is 104 Å². The molecule has 2 aromatic heterocycles. The van der Waals surface area contributed by atoms with Gasteiger partial charge in [-0.05, 0) is 25.1 Å². The summed E-state index contributed by atoms with van der Waals surface area (Å²) in [7, 11) is 0. The molecule has 0 saturated heterocycles. The normalized spacial score (nSPS) is 14.1. The third kappa shape index (κ3) is 3.01. The average Bonchev–Trinajstić information content (AvgIpc) is 3.02. The van der Waals surface area contributed by atoms with Gasteiger partial charge in [-0.25, -0.2) is 0 Å². The van der Waals surface area contributed by atoms with E-state index in [2.05, 4.69) is 5.32 Å². The minimum absolute atomic E-state index is 0.174. The second-order valence-electron chi connectivity index (χ2n) is 4.15. The fourth-order valence-corrected chi connectivity index (χ4v) is 1.69. The Morgan fingerprint density at radius 3 is 2.89 bits per heavy atom. The van der Waals surface area contributed by atoms with Crippen LogP contribution in [-0.4, -0.2) is 17.1 Å². The molecule has 2 rings (SSSR count). The van der Waals surface area contributed by atoms with E-state index >= 15 is 0 Å². The van der Waals surface area contributed by atoms with Crippen LogP contribution in [-0.2, 0) is 0 Å². The van der Waals surface area contributed by atoms with Gasteiger partial charge in [0.2, 0.25) is 0 Å². The highest BCUT2D eigenvalue weighted by atomic mass is 16.4. The predicted octanol–water partition coefficient (Wildman–Crippen LogP) is 2.11. The van der Waals surface area contributed by atoms with Crippen molar-refractivity contribution >= 4 is 5.91 Å². The first kappa shape index (κ1) is 12.4. The van der Waals surface area contributed by atoms with Crippen LogP contribution in [0.5, 0.6) is 0 Å². The molecule has 0 saturated carbocycles. The Kier molecular flexibility index (Phi) is 3.84. The Morgan fingerprint density at radius 1 is 1.44 bits per heavy atom. The SMILES string of the molecule is CC(CC(O)c1ccco1)NC(=O)c1ccoc1. The number of rotatable bonds is 5. The Bertz CT molecular complexity index is 475. The summed E-state index contributed by atoms with van der Waals surface area (Å²) in [6.07, 6.45) is 3.99. The van der Waals surface area contributed by atoms with Crippen molar-refractivity contribution in [3.63, 3.8) is 0 Å². The number of nitrogens with one attached hydrogen (secondary N) is 1. The van der Waals surface area contributed by atoms with Gasteiger partial charge in [0.15, 0.2) is 0 Å². The molecule has 18 heavy (non-hydrogen) atoms. The highest BCUT2D eigenvalue weighted by Gasteiger charge is 2.17. The molecule has 0 radical (unpaired) electrons. The summed E-state index contributed by atoms with van der Waals surface area (Å²) in [4.78, 5) is 11.7. The summed E-state index contributed by atoms with van der Waals surface area (Å²) in [5, 5.41) is 12.6. The maximum Gasteiger partial charge on any atom is 0.254 e. The number of furan rings is 2. The van der Waals surface area contributed by atoms with E-state index in [-0.39, 0.29) is 11.9 Å². The number of carbonyl (C=O) groups excluding carboxylic acids is 1. The number of aliphatic hydroxyl groups is 1. The molecular formula is C13H15NO4. The van der Waals surface area contributed by atoms with Gasteiger partial charge in [0.1, 0.15) is 18.1 Å². The van der Waals surface area contributed by atoms with Gasteiger partial charge in [-0.3, -0.25) is 4.79 Å². The minimum Gasteiger partial charge on any atom is -0.472 e. The van der Waals surface area contributed by atoms with E-state index in [1.807, 2.05) is 6.92 Å². The first-order valence-corrected chi connectivity index (χ1v) is 5.71. The quantitative estimate of drug-likeness (QED) is 0.851. The average molecular weight is 249 g/mol. The number of carbonyl (C=O) groups is 1. The van der Waals surface area contributed by atoms with Crippen molar-refractivity contribution in [2.75, 3.05) is 0 Å².